The lowest BCUT2D eigenvalue weighted by Crippen LogP contribution is -2.37. The van der Waals surface area contributed by atoms with Gasteiger partial charge in [0.2, 0.25) is 17.7 Å². The van der Waals surface area contributed by atoms with Crippen molar-refractivity contribution in [2.24, 2.45) is 0 Å². The SMILES string of the molecule is COc1ccc(-c2nnc([C@@H](C)N(C)CC(=O)NC3CC3)o2)cc1. The van der Waals surface area contributed by atoms with Crippen LogP contribution in [0.2, 0.25) is 0 Å². The molecule has 1 atom stereocenters. The number of hydrogen-bond donors (Lipinski definition) is 1. The molecule has 0 unspecified atom stereocenters. The molecule has 1 fully saturated rings. The highest BCUT2D eigenvalue weighted by molar-refractivity contribution is 5.78. The Bertz CT molecular complexity index is 694. The Morgan fingerprint density at radius 1 is 1.38 bits per heavy atom. The van der Waals surface area contributed by atoms with Crippen LogP contribution in [-0.2, 0) is 4.79 Å². The fourth-order valence-electron chi connectivity index (χ4n) is 2.31. The van der Waals surface area contributed by atoms with E-state index in [1.807, 2.05) is 43.1 Å². The monoisotopic (exact) mass is 330 g/mol. The van der Waals surface area contributed by atoms with Crippen LogP contribution in [0, 0.1) is 0 Å². The van der Waals surface area contributed by atoms with Crippen LogP contribution in [0.1, 0.15) is 31.7 Å². The molecule has 0 radical (unpaired) electrons. The van der Waals surface area contributed by atoms with Gasteiger partial charge in [-0.2, -0.15) is 0 Å². The highest BCUT2D eigenvalue weighted by Crippen LogP contribution is 2.25. The number of rotatable bonds is 7. The van der Waals surface area contributed by atoms with Crippen LogP contribution in [0.15, 0.2) is 28.7 Å². The fourth-order valence-corrected chi connectivity index (χ4v) is 2.31. The van der Waals surface area contributed by atoms with E-state index < -0.39 is 0 Å². The van der Waals surface area contributed by atoms with Crippen molar-refractivity contribution in [1.29, 1.82) is 0 Å². The topological polar surface area (TPSA) is 80.5 Å². The number of aromatic nitrogens is 2. The van der Waals surface area contributed by atoms with Gasteiger partial charge in [-0.05, 0) is 51.1 Å². The molecule has 1 amide bonds. The summed E-state index contributed by atoms with van der Waals surface area (Å²) in [5.74, 6) is 1.74. The van der Waals surface area contributed by atoms with Crippen LogP contribution < -0.4 is 10.1 Å². The quantitative estimate of drug-likeness (QED) is 0.836. The van der Waals surface area contributed by atoms with Gasteiger partial charge in [0.25, 0.3) is 0 Å². The summed E-state index contributed by atoms with van der Waals surface area (Å²) < 4.78 is 10.9. The van der Waals surface area contributed by atoms with Crippen LogP contribution >= 0.6 is 0 Å². The summed E-state index contributed by atoms with van der Waals surface area (Å²) >= 11 is 0. The number of carbonyl (C=O) groups excluding carboxylic acids is 1. The van der Waals surface area contributed by atoms with Gasteiger partial charge in [-0.3, -0.25) is 9.69 Å². The van der Waals surface area contributed by atoms with Crippen molar-refractivity contribution in [2.75, 3.05) is 20.7 Å². The highest BCUT2D eigenvalue weighted by Gasteiger charge is 2.25. The van der Waals surface area contributed by atoms with Crippen LogP contribution in [0.5, 0.6) is 5.75 Å². The van der Waals surface area contributed by atoms with Gasteiger partial charge < -0.3 is 14.5 Å². The zero-order valence-electron chi connectivity index (χ0n) is 14.2. The molecule has 1 heterocycles. The lowest BCUT2D eigenvalue weighted by molar-refractivity contribution is -0.122. The maximum atomic E-state index is 11.9. The van der Waals surface area contributed by atoms with Gasteiger partial charge in [0.05, 0.1) is 19.7 Å². The van der Waals surface area contributed by atoms with E-state index in [1.54, 1.807) is 7.11 Å². The summed E-state index contributed by atoms with van der Waals surface area (Å²) in [4.78, 5) is 13.8. The molecule has 3 rings (SSSR count). The minimum Gasteiger partial charge on any atom is -0.497 e. The van der Waals surface area contributed by atoms with Gasteiger partial charge in [-0.1, -0.05) is 0 Å². The first-order chi connectivity index (χ1) is 11.6. The molecule has 7 heteroatoms. The predicted molar refractivity (Wildman–Crippen MR) is 88.5 cm³/mol. The molecule has 24 heavy (non-hydrogen) atoms. The van der Waals surface area contributed by atoms with E-state index in [0.717, 1.165) is 24.2 Å². The fraction of sp³-hybridized carbons (Fsp3) is 0.471. The van der Waals surface area contributed by atoms with E-state index >= 15 is 0 Å². The molecule has 0 bridgehead atoms. The molecule has 1 aromatic heterocycles. The van der Waals surface area contributed by atoms with Crippen molar-refractivity contribution >= 4 is 5.91 Å². The van der Waals surface area contributed by atoms with Gasteiger partial charge in [-0.15, -0.1) is 10.2 Å². The van der Waals surface area contributed by atoms with Crippen LogP contribution in [0.4, 0.5) is 0 Å². The maximum Gasteiger partial charge on any atom is 0.247 e. The number of carbonyl (C=O) groups is 1. The smallest absolute Gasteiger partial charge is 0.247 e. The van der Waals surface area contributed by atoms with Crippen LogP contribution in [0.25, 0.3) is 11.5 Å². The first-order valence-corrected chi connectivity index (χ1v) is 8.04. The Kier molecular flexibility index (Phi) is 4.80. The molecule has 1 N–H and O–H groups in total. The van der Waals surface area contributed by atoms with Crippen molar-refractivity contribution in [3.63, 3.8) is 0 Å². The van der Waals surface area contributed by atoms with E-state index in [4.69, 9.17) is 9.15 Å². The second kappa shape index (κ2) is 7.00. The number of methoxy groups -OCH3 is 1. The number of nitrogens with zero attached hydrogens (tertiary/aromatic N) is 3. The van der Waals surface area contributed by atoms with Gasteiger partial charge in [-0.25, -0.2) is 0 Å². The predicted octanol–water partition coefficient (Wildman–Crippen LogP) is 2.02. The number of hydrogen-bond acceptors (Lipinski definition) is 6. The molecule has 1 aliphatic carbocycles. The summed E-state index contributed by atoms with van der Waals surface area (Å²) in [5, 5.41) is 11.2. The van der Waals surface area contributed by atoms with E-state index in [1.165, 1.54) is 0 Å². The molecule has 0 saturated heterocycles. The summed E-state index contributed by atoms with van der Waals surface area (Å²) in [6.07, 6.45) is 2.17. The van der Waals surface area contributed by atoms with E-state index in [9.17, 15) is 4.79 Å². The Morgan fingerprint density at radius 3 is 2.71 bits per heavy atom. The van der Waals surface area contributed by atoms with Crippen LogP contribution in [0.3, 0.4) is 0 Å². The highest BCUT2D eigenvalue weighted by atomic mass is 16.5. The summed E-state index contributed by atoms with van der Waals surface area (Å²) in [5.41, 5.74) is 0.830. The van der Waals surface area contributed by atoms with E-state index in [2.05, 4.69) is 15.5 Å². The molecular weight excluding hydrogens is 308 g/mol. The normalized spacial score (nSPS) is 15.3. The van der Waals surface area contributed by atoms with E-state index in [0.29, 0.717) is 24.4 Å². The Balaban J connectivity index is 1.63. The summed E-state index contributed by atoms with van der Waals surface area (Å²) in [7, 11) is 3.49. The minimum atomic E-state index is -0.144. The van der Waals surface area contributed by atoms with Crippen molar-refractivity contribution in [1.82, 2.24) is 20.4 Å². The lowest BCUT2D eigenvalue weighted by atomic mass is 10.2. The number of likely N-dealkylation sites (N-methyl/N-ethyl adjacent to an activating group) is 1. The Morgan fingerprint density at radius 2 is 2.08 bits per heavy atom. The van der Waals surface area contributed by atoms with E-state index in [-0.39, 0.29) is 11.9 Å². The average Bonchev–Trinajstić information content (AvgIpc) is 3.26. The second-order valence-electron chi connectivity index (χ2n) is 6.11. The Hall–Kier alpha value is -2.41. The molecule has 0 aliphatic heterocycles. The molecule has 128 valence electrons. The van der Waals surface area contributed by atoms with Crippen molar-refractivity contribution in [3.05, 3.63) is 30.2 Å². The standard InChI is InChI=1S/C17H22N4O3/c1-11(21(2)10-15(22)18-13-6-7-13)16-19-20-17(24-16)12-4-8-14(23-3)9-5-12/h4-5,8-9,11,13H,6-7,10H2,1-3H3,(H,18,22)/t11-/m1/s1. The molecule has 1 aromatic carbocycles. The average molecular weight is 330 g/mol. The number of ether oxygens (including phenoxy) is 1. The first kappa shape index (κ1) is 16.4. The third-order valence-electron chi connectivity index (χ3n) is 4.13. The lowest BCUT2D eigenvalue weighted by Gasteiger charge is -2.20. The zero-order chi connectivity index (χ0) is 17.1. The Labute approximate surface area is 141 Å². The summed E-state index contributed by atoms with van der Waals surface area (Å²) in [6.45, 7) is 2.24. The molecule has 1 aliphatic rings. The van der Waals surface area contributed by atoms with Gasteiger partial charge >= 0.3 is 0 Å². The third kappa shape index (κ3) is 3.91. The first-order valence-electron chi connectivity index (χ1n) is 8.04. The number of nitrogens with one attached hydrogen (secondary N) is 1. The minimum absolute atomic E-state index is 0.0294. The van der Waals surface area contributed by atoms with Crippen molar-refractivity contribution in [3.8, 4) is 17.2 Å². The molecule has 0 spiro atoms. The second-order valence-corrected chi connectivity index (χ2v) is 6.11. The molecule has 2 aromatic rings. The zero-order valence-corrected chi connectivity index (χ0v) is 14.2. The molecular formula is C17H22N4O3. The molecule has 7 nitrogen and oxygen atoms in total. The van der Waals surface area contributed by atoms with Crippen LogP contribution in [-0.4, -0.2) is 47.7 Å². The number of amides is 1. The van der Waals surface area contributed by atoms with Crippen molar-refractivity contribution < 1.29 is 13.9 Å². The molecule has 1 saturated carbocycles. The maximum absolute atomic E-state index is 11.9. The van der Waals surface area contributed by atoms with Gasteiger partial charge in [0, 0.05) is 11.6 Å². The number of benzene rings is 1. The largest absolute Gasteiger partial charge is 0.497 e. The van der Waals surface area contributed by atoms with Gasteiger partial charge in [0.15, 0.2) is 0 Å². The van der Waals surface area contributed by atoms with Crippen molar-refractivity contribution in [2.45, 2.75) is 31.8 Å². The van der Waals surface area contributed by atoms with Gasteiger partial charge in [0.1, 0.15) is 5.75 Å². The summed E-state index contributed by atoms with van der Waals surface area (Å²) in [6, 6.07) is 7.65. The third-order valence-corrected chi connectivity index (χ3v) is 4.13.